The molecular weight excluding hydrogens is 358 g/mol. The first-order valence-electron chi connectivity index (χ1n) is 7.33. The average Bonchev–Trinajstić information content (AvgIpc) is 2.90. The lowest BCUT2D eigenvalue weighted by atomic mass is 10.0. The fraction of sp³-hybridized carbons (Fsp3) is 0.500. The molecule has 2 rings (SSSR count). The van der Waals surface area contributed by atoms with Gasteiger partial charge in [-0.2, -0.15) is 0 Å². The number of carbonyl (C=O) groups is 1. The molecule has 3 unspecified atom stereocenters. The van der Waals surface area contributed by atoms with Crippen molar-refractivity contribution in [1.82, 2.24) is 10.9 Å². The van der Waals surface area contributed by atoms with Crippen molar-refractivity contribution in [3.05, 3.63) is 23.2 Å². The highest BCUT2D eigenvalue weighted by molar-refractivity contribution is 7.93. The molecule has 1 aromatic carbocycles. The van der Waals surface area contributed by atoms with E-state index in [-0.39, 0.29) is 17.3 Å². The van der Waals surface area contributed by atoms with Crippen molar-refractivity contribution in [3.8, 4) is 5.75 Å². The Morgan fingerprint density at radius 1 is 1.38 bits per heavy atom. The van der Waals surface area contributed by atoms with Gasteiger partial charge in [0.15, 0.2) is 5.37 Å². The van der Waals surface area contributed by atoms with Crippen LogP contribution in [0.15, 0.2) is 18.2 Å². The van der Waals surface area contributed by atoms with Gasteiger partial charge in [0.2, 0.25) is 0 Å². The van der Waals surface area contributed by atoms with Gasteiger partial charge < -0.3 is 9.47 Å². The van der Waals surface area contributed by atoms with Gasteiger partial charge in [0.25, 0.3) is 10.0 Å². The number of hydrazine groups is 1. The van der Waals surface area contributed by atoms with Crippen LogP contribution in [0.3, 0.4) is 0 Å². The van der Waals surface area contributed by atoms with E-state index in [1.54, 1.807) is 19.9 Å². The van der Waals surface area contributed by atoms with Crippen molar-refractivity contribution >= 4 is 33.3 Å². The number of nitrogens with one attached hydrogen (secondary N) is 3. The second-order valence-electron chi connectivity index (χ2n) is 5.27. The maximum Gasteiger partial charge on any atom is 0.313 e. The maximum absolute atomic E-state index is 12.6. The molecule has 0 spiro atoms. The second kappa shape index (κ2) is 7.56. The fourth-order valence-corrected chi connectivity index (χ4v) is 4.25. The van der Waals surface area contributed by atoms with Gasteiger partial charge in [0.1, 0.15) is 11.7 Å². The Morgan fingerprint density at radius 3 is 2.67 bits per heavy atom. The second-order valence-corrected chi connectivity index (χ2v) is 7.48. The summed E-state index contributed by atoms with van der Waals surface area (Å²) in [5, 5.41) is -0.905. The van der Waals surface area contributed by atoms with E-state index in [1.165, 1.54) is 19.2 Å². The van der Waals surface area contributed by atoms with E-state index >= 15 is 0 Å². The lowest BCUT2D eigenvalue weighted by Gasteiger charge is -2.20. The van der Waals surface area contributed by atoms with E-state index in [0.717, 1.165) is 0 Å². The summed E-state index contributed by atoms with van der Waals surface area (Å²) < 4.78 is 37.7. The summed E-state index contributed by atoms with van der Waals surface area (Å²) >= 11 is 6.00. The molecule has 10 heteroatoms. The number of halogens is 1. The van der Waals surface area contributed by atoms with Gasteiger partial charge in [-0.1, -0.05) is 11.6 Å². The highest BCUT2D eigenvalue weighted by Crippen LogP contribution is 2.29. The smallest absolute Gasteiger partial charge is 0.313 e. The molecule has 134 valence electrons. The number of carbonyl (C=O) groups excluding carboxylic acids is 1. The molecule has 0 radical (unpaired) electrons. The van der Waals surface area contributed by atoms with Gasteiger partial charge in [-0.3, -0.25) is 14.9 Å². The van der Waals surface area contributed by atoms with Gasteiger partial charge in [0, 0.05) is 6.04 Å². The Morgan fingerprint density at radius 2 is 2.08 bits per heavy atom. The van der Waals surface area contributed by atoms with E-state index in [1.807, 2.05) is 0 Å². The molecule has 8 nitrogen and oxygen atoms in total. The molecule has 0 bridgehead atoms. The number of hydrogen-bond acceptors (Lipinski definition) is 7. The highest BCUT2D eigenvalue weighted by Gasteiger charge is 2.47. The lowest BCUT2D eigenvalue weighted by molar-refractivity contribution is -0.148. The summed E-state index contributed by atoms with van der Waals surface area (Å²) in [6, 6.07) is 4.10. The molecule has 3 N–H and O–H groups in total. The summed E-state index contributed by atoms with van der Waals surface area (Å²) in [4.78, 5) is 12.1. The molecule has 0 aromatic heterocycles. The molecule has 1 aliphatic heterocycles. The van der Waals surface area contributed by atoms with Gasteiger partial charge in [0.05, 0.1) is 24.4 Å². The number of sulfonamides is 1. The minimum atomic E-state index is -3.92. The van der Waals surface area contributed by atoms with Crippen molar-refractivity contribution in [1.29, 1.82) is 0 Å². The number of ether oxygens (including phenoxy) is 2. The molecule has 0 amide bonds. The number of methoxy groups -OCH3 is 1. The summed E-state index contributed by atoms with van der Waals surface area (Å²) in [5.41, 5.74) is 5.67. The quantitative estimate of drug-likeness (QED) is 0.637. The van der Waals surface area contributed by atoms with Crippen LogP contribution < -0.4 is 20.3 Å². The zero-order valence-corrected chi connectivity index (χ0v) is 15.1. The standard InChI is InChI=1S/C14H20ClN3O5S/c1-4-23-14(19)12-8(2)16-17-13(12)24(20,21)18-9-5-6-11(22-3)10(15)7-9/h5-8,12-13,16-18H,4H2,1-3H3. The van der Waals surface area contributed by atoms with Crippen molar-refractivity contribution in [2.45, 2.75) is 25.3 Å². The van der Waals surface area contributed by atoms with Crippen molar-refractivity contribution in [2.24, 2.45) is 5.92 Å². The molecule has 0 saturated carbocycles. The molecular formula is C14H20ClN3O5S. The van der Waals surface area contributed by atoms with Crippen molar-refractivity contribution in [2.75, 3.05) is 18.4 Å². The zero-order valence-electron chi connectivity index (χ0n) is 13.5. The Labute approximate surface area is 145 Å². The summed E-state index contributed by atoms with van der Waals surface area (Å²) in [6.45, 7) is 3.55. The van der Waals surface area contributed by atoms with Crippen LogP contribution in [0.5, 0.6) is 5.75 Å². The first-order chi connectivity index (χ1) is 11.3. The van der Waals surface area contributed by atoms with Crippen LogP contribution in [-0.4, -0.2) is 39.5 Å². The van der Waals surface area contributed by atoms with Crippen LogP contribution >= 0.6 is 11.6 Å². The number of rotatable bonds is 6. The van der Waals surface area contributed by atoms with Crippen LogP contribution in [0.1, 0.15) is 13.8 Å². The lowest BCUT2D eigenvalue weighted by Crippen LogP contribution is -2.44. The predicted molar refractivity (Wildman–Crippen MR) is 90.2 cm³/mol. The van der Waals surface area contributed by atoms with Gasteiger partial charge in [-0.05, 0) is 32.0 Å². The monoisotopic (exact) mass is 377 g/mol. The van der Waals surface area contributed by atoms with Crippen LogP contribution in [0.2, 0.25) is 5.02 Å². The third-order valence-corrected chi connectivity index (χ3v) is 5.52. The van der Waals surface area contributed by atoms with E-state index in [0.29, 0.717) is 5.75 Å². The molecule has 3 atom stereocenters. The number of benzene rings is 1. The van der Waals surface area contributed by atoms with Crippen LogP contribution in [0.4, 0.5) is 5.69 Å². The van der Waals surface area contributed by atoms with Crippen molar-refractivity contribution < 1.29 is 22.7 Å². The first kappa shape index (κ1) is 18.8. The van der Waals surface area contributed by atoms with E-state index in [2.05, 4.69) is 15.6 Å². The number of hydrogen-bond donors (Lipinski definition) is 3. The van der Waals surface area contributed by atoms with Gasteiger partial charge >= 0.3 is 5.97 Å². The highest BCUT2D eigenvalue weighted by atomic mass is 35.5. The number of esters is 1. The summed E-state index contributed by atoms with van der Waals surface area (Å²) in [6.07, 6.45) is 0. The normalized spacial score (nSPS) is 23.8. The van der Waals surface area contributed by atoms with Crippen LogP contribution in [-0.2, 0) is 19.6 Å². The largest absolute Gasteiger partial charge is 0.495 e. The fourth-order valence-electron chi connectivity index (χ4n) is 2.45. The van der Waals surface area contributed by atoms with Crippen molar-refractivity contribution in [3.63, 3.8) is 0 Å². The SMILES string of the molecule is CCOC(=O)C1C(C)NNC1S(=O)(=O)Nc1ccc(OC)c(Cl)c1. The molecule has 24 heavy (non-hydrogen) atoms. The minimum absolute atomic E-state index is 0.177. The van der Waals surface area contributed by atoms with E-state index < -0.39 is 33.3 Å². The maximum atomic E-state index is 12.6. The van der Waals surface area contributed by atoms with Gasteiger partial charge in [-0.15, -0.1) is 0 Å². The first-order valence-corrected chi connectivity index (χ1v) is 9.25. The summed E-state index contributed by atoms with van der Waals surface area (Å²) in [7, 11) is -2.46. The average molecular weight is 378 g/mol. The molecule has 1 saturated heterocycles. The summed E-state index contributed by atoms with van der Waals surface area (Å²) in [5.74, 6) is -1.03. The Kier molecular flexibility index (Phi) is 5.92. The Hall–Kier alpha value is -1.55. The van der Waals surface area contributed by atoms with Crippen LogP contribution in [0, 0.1) is 5.92 Å². The third kappa shape index (κ3) is 3.92. The Bertz CT molecular complexity index is 712. The molecule has 1 aromatic rings. The third-order valence-electron chi connectivity index (χ3n) is 3.62. The molecule has 1 aliphatic rings. The van der Waals surface area contributed by atoms with Gasteiger partial charge in [-0.25, -0.2) is 13.8 Å². The molecule has 0 aliphatic carbocycles. The Balaban J connectivity index is 2.22. The van der Waals surface area contributed by atoms with Crippen LogP contribution in [0.25, 0.3) is 0 Å². The molecule has 1 fully saturated rings. The minimum Gasteiger partial charge on any atom is -0.495 e. The molecule has 1 heterocycles. The zero-order chi connectivity index (χ0) is 17.9. The number of anilines is 1. The van der Waals surface area contributed by atoms with E-state index in [4.69, 9.17) is 21.1 Å². The van der Waals surface area contributed by atoms with E-state index in [9.17, 15) is 13.2 Å². The predicted octanol–water partition coefficient (Wildman–Crippen LogP) is 1.09. The topological polar surface area (TPSA) is 106 Å².